The maximum atomic E-state index is 11.1. The fourth-order valence-electron chi connectivity index (χ4n) is 1.38. The highest BCUT2D eigenvalue weighted by molar-refractivity contribution is 7.99. The number of aromatic nitrogens is 1. The number of thioether (sulfide) groups is 1. The van der Waals surface area contributed by atoms with Crippen molar-refractivity contribution in [2.75, 3.05) is 0 Å². The molecule has 0 saturated heterocycles. The zero-order valence-corrected chi connectivity index (χ0v) is 12.3. The third-order valence-corrected chi connectivity index (χ3v) is 5.52. The molecule has 1 aromatic heterocycles. The van der Waals surface area contributed by atoms with Gasteiger partial charge in [-0.25, -0.2) is 0 Å². The third kappa shape index (κ3) is 3.26. The highest BCUT2D eigenvalue weighted by Crippen LogP contribution is 2.39. The van der Waals surface area contributed by atoms with Crippen LogP contribution in [0.5, 0.6) is 0 Å². The van der Waals surface area contributed by atoms with Crippen molar-refractivity contribution in [2.24, 2.45) is 0 Å². The molecular weight excluding hydrogens is 309 g/mol. The summed E-state index contributed by atoms with van der Waals surface area (Å²) >= 11 is 14.5. The summed E-state index contributed by atoms with van der Waals surface area (Å²) in [6.07, 6.45) is 0.878. The van der Waals surface area contributed by atoms with Crippen molar-refractivity contribution in [3.05, 3.63) is 50.9 Å². The molecule has 1 aromatic carbocycles. The summed E-state index contributed by atoms with van der Waals surface area (Å²) in [4.78, 5) is 11.9. The number of benzene rings is 1. The zero-order chi connectivity index (χ0) is 13.0. The van der Waals surface area contributed by atoms with E-state index in [-0.39, 0.29) is 10.4 Å². The largest absolute Gasteiger partial charge is 0.302 e. The zero-order valence-electron chi connectivity index (χ0n) is 9.18. The molecule has 6 heteroatoms. The highest BCUT2D eigenvalue weighted by Gasteiger charge is 2.20. The second-order valence-electron chi connectivity index (χ2n) is 3.50. The van der Waals surface area contributed by atoms with Crippen LogP contribution in [0, 0.1) is 0 Å². The van der Waals surface area contributed by atoms with Gasteiger partial charge < -0.3 is 4.79 Å². The van der Waals surface area contributed by atoms with Crippen molar-refractivity contribution < 1.29 is 4.79 Å². The standard InChI is InChI=1S/C12H9Cl2NOS2/c13-10-11(18-15-12(10)14)9(6-16)17-7-8-4-2-1-3-5-8/h1-6,9H,7H2. The molecule has 1 unspecified atom stereocenters. The fourth-order valence-corrected chi connectivity index (χ4v) is 3.88. The first-order valence-electron chi connectivity index (χ1n) is 5.13. The summed E-state index contributed by atoms with van der Waals surface area (Å²) in [7, 11) is 0. The van der Waals surface area contributed by atoms with Crippen LogP contribution in [0.1, 0.15) is 15.7 Å². The normalized spacial score (nSPS) is 12.3. The average molecular weight is 318 g/mol. The SMILES string of the molecule is O=CC(SCc1ccccc1)c1snc(Cl)c1Cl. The van der Waals surface area contributed by atoms with Gasteiger partial charge in [0.2, 0.25) is 0 Å². The lowest BCUT2D eigenvalue weighted by Crippen LogP contribution is -1.94. The topological polar surface area (TPSA) is 30.0 Å². The van der Waals surface area contributed by atoms with E-state index in [1.165, 1.54) is 28.9 Å². The molecule has 0 spiro atoms. The van der Waals surface area contributed by atoms with Crippen LogP contribution in [0.4, 0.5) is 0 Å². The first-order valence-corrected chi connectivity index (χ1v) is 7.71. The van der Waals surface area contributed by atoms with Gasteiger partial charge in [-0.05, 0) is 17.1 Å². The Balaban J connectivity index is 2.07. The highest BCUT2D eigenvalue weighted by atomic mass is 35.5. The van der Waals surface area contributed by atoms with Crippen molar-refractivity contribution in [2.45, 2.75) is 11.0 Å². The van der Waals surface area contributed by atoms with Crippen molar-refractivity contribution >= 4 is 52.8 Å². The Hall–Kier alpha value is -0.550. The molecule has 0 N–H and O–H groups in total. The van der Waals surface area contributed by atoms with Gasteiger partial charge in [-0.1, -0.05) is 53.5 Å². The van der Waals surface area contributed by atoms with Gasteiger partial charge in [0.1, 0.15) is 6.29 Å². The van der Waals surface area contributed by atoms with Gasteiger partial charge in [0.05, 0.1) is 15.1 Å². The summed E-state index contributed by atoms with van der Waals surface area (Å²) in [6, 6.07) is 9.96. The number of rotatable bonds is 5. The number of nitrogens with zero attached hydrogens (tertiary/aromatic N) is 1. The molecule has 0 aliphatic rings. The molecule has 1 heterocycles. The lowest BCUT2D eigenvalue weighted by Gasteiger charge is -2.08. The molecule has 2 nitrogen and oxygen atoms in total. The van der Waals surface area contributed by atoms with Crippen molar-refractivity contribution in [3.8, 4) is 0 Å². The molecule has 0 aliphatic carbocycles. The minimum atomic E-state index is -0.317. The van der Waals surface area contributed by atoms with Gasteiger partial charge in [-0.3, -0.25) is 0 Å². The van der Waals surface area contributed by atoms with E-state index in [0.717, 1.165) is 16.9 Å². The van der Waals surface area contributed by atoms with Crippen molar-refractivity contribution in [1.82, 2.24) is 4.37 Å². The average Bonchev–Trinajstić information content (AvgIpc) is 2.73. The lowest BCUT2D eigenvalue weighted by atomic mass is 10.2. The van der Waals surface area contributed by atoms with E-state index in [2.05, 4.69) is 4.37 Å². The molecule has 0 aliphatic heterocycles. The molecule has 94 valence electrons. The summed E-state index contributed by atoms with van der Waals surface area (Å²) in [6.45, 7) is 0. The Labute approximate surface area is 123 Å². The molecule has 2 rings (SSSR count). The molecule has 2 aromatic rings. The fraction of sp³-hybridized carbons (Fsp3) is 0.167. The number of carbonyl (C=O) groups excluding carboxylic acids is 1. The quantitative estimate of drug-likeness (QED) is 0.753. The van der Waals surface area contributed by atoms with E-state index in [4.69, 9.17) is 23.2 Å². The van der Waals surface area contributed by atoms with E-state index in [1.54, 1.807) is 0 Å². The maximum Gasteiger partial charge on any atom is 0.161 e. The Kier molecular flexibility index (Phi) is 5.06. The molecule has 1 atom stereocenters. The van der Waals surface area contributed by atoms with Crippen LogP contribution in [0.25, 0.3) is 0 Å². The molecule has 0 radical (unpaired) electrons. The van der Waals surface area contributed by atoms with Crippen molar-refractivity contribution in [1.29, 1.82) is 0 Å². The van der Waals surface area contributed by atoms with Crippen molar-refractivity contribution in [3.63, 3.8) is 0 Å². The van der Waals surface area contributed by atoms with Gasteiger partial charge in [0.25, 0.3) is 0 Å². The third-order valence-electron chi connectivity index (χ3n) is 2.28. The Morgan fingerprint density at radius 2 is 2.06 bits per heavy atom. The lowest BCUT2D eigenvalue weighted by molar-refractivity contribution is -0.107. The number of halogens is 2. The minimum Gasteiger partial charge on any atom is -0.302 e. The van der Waals surface area contributed by atoms with E-state index in [1.807, 2.05) is 30.3 Å². The summed E-state index contributed by atoms with van der Waals surface area (Å²) in [5, 5.41) is 0.339. The second-order valence-corrected chi connectivity index (χ2v) is 6.18. The van der Waals surface area contributed by atoms with Gasteiger partial charge in [0.15, 0.2) is 5.15 Å². The molecule has 0 bridgehead atoms. The van der Waals surface area contributed by atoms with Crippen LogP contribution in [-0.4, -0.2) is 10.7 Å². The van der Waals surface area contributed by atoms with Crippen LogP contribution in [0.2, 0.25) is 10.2 Å². The van der Waals surface area contributed by atoms with Gasteiger partial charge >= 0.3 is 0 Å². The van der Waals surface area contributed by atoms with E-state index in [9.17, 15) is 4.79 Å². The van der Waals surface area contributed by atoms with Gasteiger partial charge in [-0.15, -0.1) is 11.8 Å². The monoisotopic (exact) mass is 317 g/mol. The van der Waals surface area contributed by atoms with E-state index >= 15 is 0 Å². The maximum absolute atomic E-state index is 11.1. The molecule has 0 saturated carbocycles. The number of aldehydes is 1. The Morgan fingerprint density at radius 3 is 2.61 bits per heavy atom. The summed E-state index contributed by atoms with van der Waals surface area (Å²) in [5.74, 6) is 0.746. The van der Waals surface area contributed by atoms with E-state index in [0.29, 0.717) is 5.02 Å². The molecule has 0 fully saturated rings. The van der Waals surface area contributed by atoms with E-state index < -0.39 is 0 Å². The Bertz CT molecular complexity index is 530. The number of hydrogen-bond donors (Lipinski definition) is 0. The first kappa shape index (κ1) is 13.9. The number of carbonyl (C=O) groups is 1. The van der Waals surface area contributed by atoms with Crippen LogP contribution in [0.15, 0.2) is 30.3 Å². The van der Waals surface area contributed by atoms with Crippen LogP contribution < -0.4 is 0 Å². The first-order chi connectivity index (χ1) is 8.72. The van der Waals surface area contributed by atoms with Crippen LogP contribution in [0.3, 0.4) is 0 Å². The molecule has 0 amide bonds. The van der Waals surface area contributed by atoms with Crippen LogP contribution >= 0.6 is 46.5 Å². The number of hydrogen-bond acceptors (Lipinski definition) is 4. The predicted molar refractivity (Wildman–Crippen MR) is 78.7 cm³/mol. The summed E-state index contributed by atoms with van der Waals surface area (Å²) in [5.41, 5.74) is 1.17. The minimum absolute atomic E-state index is 0.267. The summed E-state index contributed by atoms with van der Waals surface area (Å²) < 4.78 is 3.94. The predicted octanol–water partition coefficient (Wildman–Crippen LogP) is 4.62. The Morgan fingerprint density at radius 1 is 1.33 bits per heavy atom. The van der Waals surface area contributed by atoms with Gasteiger partial charge in [-0.2, -0.15) is 4.37 Å². The second kappa shape index (κ2) is 6.57. The molecule has 18 heavy (non-hydrogen) atoms. The van der Waals surface area contributed by atoms with Gasteiger partial charge in [0, 0.05) is 5.75 Å². The van der Waals surface area contributed by atoms with Crippen LogP contribution in [-0.2, 0) is 10.5 Å². The smallest absolute Gasteiger partial charge is 0.161 e. The molecular formula is C12H9Cl2NOS2.